The van der Waals surface area contributed by atoms with E-state index in [4.69, 9.17) is 9.15 Å². The third kappa shape index (κ3) is 4.54. The lowest BCUT2D eigenvalue weighted by atomic mass is 10.2. The molecule has 0 radical (unpaired) electrons. The van der Waals surface area contributed by atoms with Crippen molar-refractivity contribution in [3.8, 4) is 11.3 Å². The van der Waals surface area contributed by atoms with Crippen molar-refractivity contribution in [3.05, 3.63) is 48.2 Å². The van der Waals surface area contributed by atoms with Gasteiger partial charge >= 0.3 is 0 Å². The van der Waals surface area contributed by atoms with Gasteiger partial charge in [-0.15, -0.1) is 0 Å². The fourth-order valence-corrected chi connectivity index (χ4v) is 1.94. The van der Waals surface area contributed by atoms with Gasteiger partial charge in [0.15, 0.2) is 0 Å². The largest absolute Gasteiger partial charge is 0.460 e. The molecule has 19 heavy (non-hydrogen) atoms. The highest BCUT2D eigenvalue weighted by atomic mass is 16.5. The Balaban J connectivity index is 1.75. The molecule has 0 spiro atoms. The van der Waals surface area contributed by atoms with Crippen molar-refractivity contribution in [2.45, 2.75) is 19.4 Å². The second kappa shape index (κ2) is 7.77. The van der Waals surface area contributed by atoms with Gasteiger partial charge in [-0.3, -0.25) is 0 Å². The molecule has 0 saturated carbocycles. The molecule has 0 bridgehead atoms. The van der Waals surface area contributed by atoms with E-state index in [1.54, 1.807) is 7.11 Å². The Morgan fingerprint density at radius 1 is 1.05 bits per heavy atom. The zero-order chi connectivity index (χ0) is 13.3. The number of nitrogens with one attached hydrogen (secondary N) is 1. The van der Waals surface area contributed by atoms with Crippen molar-refractivity contribution in [2.75, 3.05) is 20.3 Å². The Labute approximate surface area is 114 Å². The summed E-state index contributed by atoms with van der Waals surface area (Å²) >= 11 is 0. The van der Waals surface area contributed by atoms with Crippen molar-refractivity contribution in [2.24, 2.45) is 0 Å². The summed E-state index contributed by atoms with van der Waals surface area (Å²) in [6.07, 6.45) is 2.22. The number of rotatable bonds is 8. The van der Waals surface area contributed by atoms with Crippen LogP contribution in [0.15, 0.2) is 46.9 Å². The van der Waals surface area contributed by atoms with Crippen molar-refractivity contribution in [1.29, 1.82) is 0 Å². The SMILES string of the molecule is COCCCCNCc1ccc(-c2ccccc2)o1. The quantitative estimate of drug-likeness (QED) is 0.737. The summed E-state index contributed by atoms with van der Waals surface area (Å²) in [4.78, 5) is 0. The zero-order valence-corrected chi connectivity index (χ0v) is 11.4. The van der Waals surface area contributed by atoms with Gasteiger partial charge in [0.25, 0.3) is 0 Å². The van der Waals surface area contributed by atoms with Crippen molar-refractivity contribution < 1.29 is 9.15 Å². The molecule has 1 aromatic heterocycles. The van der Waals surface area contributed by atoms with Gasteiger partial charge in [0.05, 0.1) is 6.54 Å². The molecule has 0 aliphatic carbocycles. The second-order valence-corrected chi connectivity index (χ2v) is 4.51. The second-order valence-electron chi connectivity index (χ2n) is 4.51. The first-order valence-electron chi connectivity index (χ1n) is 6.74. The van der Waals surface area contributed by atoms with Crippen LogP contribution in [-0.2, 0) is 11.3 Å². The minimum atomic E-state index is 0.778. The average molecular weight is 259 g/mol. The van der Waals surface area contributed by atoms with Gasteiger partial charge in [-0.2, -0.15) is 0 Å². The molecule has 0 aliphatic heterocycles. The highest BCUT2D eigenvalue weighted by Gasteiger charge is 2.03. The molecule has 0 unspecified atom stereocenters. The van der Waals surface area contributed by atoms with E-state index in [-0.39, 0.29) is 0 Å². The fourth-order valence-electron chi connectivity index (χ4n) is 1.94. The van der Waals surface area contributed by atoms with Crippen LogP contribution in [0.2, 0.25) is 0 Å². The van der Waals surface area contributed by atoms with E-state index in [2.05, 4.69) is 17.4 Å². The molecule has 2 rings (SSSR count). The lowest BCUT2D eigenvalue weighted by Crippen LogP contribution is -2.14. The fraction of sp³-hybridized carbons (Fsp3) is 0.375. The number of methoxy groups -OCH3 is 1. The maximum absolute atomic E-state index is 5.81. The molecule has 0 aliphatic rings. The van der Waals surface area contributed by atoms with Gasteiger partial charge in [-0.25, -0.2) is 0 Å². The normalized spacial score (nSPS) is 10.8. The predicted octanol–water partition coefficient (Wildman–Crippen LogP) is 3.46. The molecule has 1 heterocycles. The summed E-state index contributed by atoms with van der Waals surface area (Å²) in [5.41, 5.74) is 1.12. The third-order valence-electron chi connectivity index (χ3n) is 2.97. The lowest BCUT2D eigenvalue weighted by molar-refractivity contribution is 0.192. The Bertz CT molecular complexity index is 465. The molecule has 2 aromatic rings. The summed E-state index contributed by atoms with van der Waals surface area (Å²) in [5, 5.41) is 3.38. The van der Waals surface area contributed by atoms with Gasteiger partial charge in [0, 0.05) is 19.3 Å². The van der Waals surface area contributed by atoms with Gasteiger partial charge in [0.2, 0.25) is 0 Å². The first-order chi connectivity index (χ1) is 9.40. The average Bonchev–Trinajstić information content (AvgIpc) is 2.92. The van der Waals surface area contributed by atoms with E-state index in [0.29, 0.717) is 0 Å². The minimum absolute atomic E-state index is 0.778. The maximum atomic E-state index is 5.81. The monoisotopic (exact) mass is 259 g/mol. The molecular weight excluding hydrogens is 238 g/mol. The van der Waals surface area contributed by atoms with Crippen LogP contribution in [0.25, 0.3) is 11.3 Å². The molecule has 0 fully saturated rings. The topological polar surface area (TPSA) is 34.4 Å². The number of benzene rings is 1. The maximum Gasteiger partial charge on any atom is 0.134 e. The first kappa shape index (κ1) is 13.8. The Morgan fingerprint density at radius 2 is 1.89 bits per heavy atom. The van der Waals surface area contributed by atoms with Crippen LogP contribution in [0.3, 0.4) is 0 Å². The summed E-state index contributed by atoms with van der Waals surface area (Å²) in [6.45, 7) is 2.60. The number of ether oxygens (including phenoxy) is 1. The van der Waals surface area contributed by atoms with Crippen LogP contribution in [0, 0.1) is 0 Å². The number of hydrogen-bond acceptors (Lipinski definition) is 3. The minimum Gasteiger partial charge on any atom is -0.460 e. The Hall–Kier alpha value is -1.58. The van der Waals surface area contributed by atoms with Crippen molar-refractivity contribution in [3.63, 3.8) is 0 Å². The van der Waals surface area contributed by atoms with E-state index in [0.717, 1.165) is 49.6 Å². The smallest absolute Gasteiger partial charge is 0.134 e. The molecular formula is C16H21NO2. The van der Waals surface area contributed by atoms with E-state index in [9.17, 15) is 0 Å². The highest BCUT2D eigenvalue weighted by molar-refractivity contribution is 5.57. The molecule has 0 saturated heterocycles. The Morgan fingerprint density at radius 3 is 2.68 bits per heavy atom. The number of hydrogen-bond donors (Lipinski definition) is 1. The third-order valence-corrected chi connectivity index (χ3v) is 2.97. The summed E-state index contributed by atoms with van der Waals surface area (Å²) in [6, 6.07) is 14.2. The van der Waals surface area contributed by atoms with Gasteiger partial charge in [-0.05, 0) is 31.5 Å². The van der Waals surface area contributed by atoms with Crippen molar-refractivity contribution >= 4 is 0 Å². The van der Waals surface area contributed by atoms with E-state index in [1.807, 2.05) is 30.3 Å². The van der Waals surface area contributed by atoms with Gasteiger partial charge in [-0.1, -0.05) is 30.3 Å². The molecule has 0 atom stereocenters. The van der Waals surface area contributed by atoms with Crippen LogP contribution in [-0.4, -0.2) is 20.3 Å². The summed E-state index contributed by atoms with van der Waals surface area (Å²) < 4.78 is 10.8. The predicted molar refractivity (Wildman–Crippen MR) is 77.0 cm³/mol. The lowest BCUT2D eigenvalue weighted by Gasteiger charge is -2.02. The highest BCUT2D eigenvalue weighted by Crippen LogP contribution is 2.21. The summed E-state index contributed by atoms with van der Waals surface area (Å²) in [5.74, 6) is 1.90. The van der Waals surface area contributed by atoms with E-state index < -0.39 is 0 Å². The summed E-state index contributed by atoms with van der Waals surface area (Å²) in [7, 11) is 1.74. The van der Waals surface area contributed by atoms with Crippen LogP contribution in [0.1, 0.15) is 18.6 Å². The van der Waals surface area contributed by atoms with Crippen LogP contribution in [0.4, 0.5) is 0 Å². The molecule has 102 valence electrons. The Kier molecular flexibility index (Phi) is 5.66. The molecule has 0 amide bonds. The van der Waals surface area contributed by atoms with Crippen LogP contribution >= 0.6 is 0 Å². The number of furan rings is 1. The van der Waals surface area contributed by atoms with Gasteiger partial charge < -0.3 is 14.5 Å². The van der Waals surface area contributed by atoms with E-state index in [1.165, 1.54) is 0 Å². The zero-order valence-electron chi connectivity index (χ0n) is 11.4. The van der Waals surface area contributed by atoms with Gasteiger partial charge in [0.1, 0.15) is 11.5 Å². The molecule has 3 nitrogen and oxygen atoms in total. The van der Waals surface area contributed by atoms with E-state index >= 15 is 0 Å². The molecule has 1 aromatic carbocycles. The first-order valence-corrected chi connectivity index (χ1v) is 6.74. The number of unbranched alkanes of at least 4 members (excludes halogenated alkanes) is 1. The van der Waals surface area contributed by atoms with Crippen molar-refractivity contribution in [1.82, 2.24) is 5.32 Å². The molecule has 3 heteroatoms. The molecule has 1 N–H and O–H groups in total. The standard InChI is InChI=1S/C16H21NO2/c1-18-12-6-5-11-17-13-15-9-10-16(19-15)14-7-3-2-4-8-14/h2-4,7-10,17H,5-6,11-13H2,1H3. The van der Waals surface area contributed by atoms with Crippen LogP contribution < -0.4 is 5.32 Å². The van der Waals surface area contributed by atoms with Crippen LogP contribution in [0.5, 0.6) is 0 Å².